The lowest BCUT2D eigenvalue weighted by Gasteiger charge is -2.13. The molecule has 9 nitrogen and oxygen atoms in total. The van der Waals surface area contributed by atoms with Gasteiger partial charge in [0.25, 0.3) is 0 Å². The Morgan fingerprint density at radius 3 is 2.82 bits per heavy atom. The third-order valence-electron chi connectivity index (χ3n) is 2.46. The topological polar surface area (TPSA) is 150 Å². The van der Waals surface area contributed by atoms with E-state index in [4.69, 9.17) is 22.4 Å². The van der Waals surface area contributed by atoms with Crippen molar-refractivity contribution in [1.82, 2.24) is 14.8 Å². The molecule has 0 aliphatic carbocycles. The van der Waals surface area contributed by atoms with Gasteiger partial charge in [0.15, 0.2) is 12.1 Å². The Morgan fingerprint density at radius 2 is 2.35 bits per heavy atom. The first-order valence-electron chi connectivity index (χ1n) is 5.35. The van der Waals surface area contributed by atoms with Crippen LogP contribution in [0.25, 0.3) is 0 Å². The zero-order chi connectivity index (χ0) is 13.4. The highest BCUT2D eigenvalue weighted by Crippen LogP contribution is 2.28. The zero-order valence-electron chi connectivity index (χ0n) is 9.69. The number of nitrogens with zero attached hydrogens (tertiary/aromatic N) is 3. The average molecular weight is 244 g/mol. The van der Waals surface area contributed by atoms with Gasteiger partial charge in [-0.3, -0.25) is 5.41 Å². The van der Waals surface area contributed by atoms with E-state index in [1.165, 1.54) is 0 Å². The van der Waals surface area contributed by atoms with E-state index in [0.29, 0.717) is 0 Å². The molecule has 4 atom stereocenters. The van der Waals surface area contributed by atoms with Crippen LogP contribution in [-0.2, 0) is 4.74 Å². The Hall–Kier alpha value is -1.55. The lowest BCUT2D eigenvalue weighted by atomic mass is 10.1. The van der Waals surface area contributed by atoms with E-state index in [-0.39, 0.29) is 12.1 Å². The van der Waals surface area contributed by atoms with Gasteiger partial charge in [-0.2, -0.15) is 0 Å². The Bertz CT molecular complexity index is 466. The maximum absolute atomic E-state index is 9.74. The zero-order valence-corrected chi connectivity index (χ0v) is 8.69. The van der Waals surface area contributed by atoms with Crippen LogP contribution in [-0.4, -0.2) is 60.8 Å². The number of hydrogen-bond acceptors (Lipinski definition) is 7. The molecule has 0 aromatic carbocycles. The fourth-order valence-corrected chi connectivity index (χ4v) is 1.56. The van der Waals surface area contributed by atoms with Crippen molar-refractivity contribution in [2.24, 2.45) is 5.73 Å². The predicted molar refractivity (Wildman–Crippen MR) is 54.0 cm³/mol. The maximum Gasteiger partial charge on any atom is 0.215 e. The van der Waals surface area contributed by atoms with Crippen LogP contribution in [0.3, 0.4) is 0 Å². The van der Waals surface area contributed by atoms with E-state index in [9.17, 15) is 10.2 Å². The summed E-state index contributed by atoms with van der Waals surface area (Å²) in [4.78, 5) is 3.60. The molecule has 1 aliphatic heterocycles. The van der Waals surface area contributed by atoms with Crippen molar-refractivity contribution < 1.29 is 21.4 Å². The fourth-order valence-electron chi connectivity index (χ4n) is 1.56. The van der Waals surface area contributed by atoms with Crippen molar-refractivity contribution >= 4 is 5.84 Å². The first kappa shape index (κ1) is 10.6. The van der Waals surface area contributed by atoms with Crippen LogP contribution in [0.1, 0.15) is 13.4 Å². The number of aromatic nitrogens is 3. The van der Waals surface area contributed by atoms with Gasteiger partial charge in [0.05, 0.1) is 6.61 Å². The van der Waals surface area contributed by atoms with Gasteiger partial charge in [-0.15, -0.1) is 5.10 Å². The van der Waals surface area contributed by atoms with E-state index in [2.05, 4.69) is 10.1 Å². The Morgan fingerprint density at radius 1 is 1.65 bits per heavy atom. The number of ether oxygens (including phenoxy) is 1. The minimum Gasteiger partial charge on any atom is -0.394 e. The van der Waals surface area contributed by atoms with E-state index in [1.54, 1.807) is 0 Å². The van der Waals surface area contributed by atoms with Gasteiger partial charge in [0.2, 0.25) is 5.82 Å². The standard InChI is InChI=1S/C8H13N5O4/c9-6(10)7-11-2-13(12-7)8-5(16)4(15)3(1-14)17-8/h2-5,8,14-16H,1H2,(H3,9,10)/t3-,4-,5-,8-/m1/s1/i2D. The van der Waals surface area contributed by atoms with Crippen LogP contribution in [0.2, 0.25) is 0 Å². The number of hydrogen-bond donors (Lipinski definition) is 5. The number of amidine groups is 1. The summed E-state index contributed by atoms with van der Waals surface area (Å²) in [5, 5.41) is 39.1. The Kier molecular flexibility index (Phi) is 2.73. The molecule has 0 spiro atoms. The lowest BCUT2D eigenvalue weighted by Crippen LogP contribution is -2.33. The molecule has 9 heteroatoms. The van der Waals surface area contributed by atoms with Gasteiger partial charge in [-0.1, -0.05) is 0 Å². The van der Waals surface area contributed by atoms with E-state index in [0.717, 1.165) is 4.68 Å². The molecule has 2 heterocycles. The average Bonchev–Trinajstić information content (AvgIpc) is 2.83. The third kappa shape index (κ3) is 2.00. The fraction of sp³-hybridized carbons (Fsp3) is 0.625. The molecular formula is C8H13N5O4. The number of aliphatic hydroxyl groups excluding tert-OH is 3. The van der Waals surface area contributed by atoms with Crippen molar-refractivity contribution in [2.75, 3.05) is 6.61 Å². The molecule has 0 unspecified atom stereocenters. The molecule has 17 heavy (non-hydrogen) atoms. The monoisotopic (exact) mass is 244 g/mol. The molecule has 94 valence electrons. The summed E-state index contributed by atoms with van der Waals surface area (Å²) in [7, 11) is 0. The highest BCUT2D eigenvalue weighted by molar-refractivity contribution is 5.90. The molecule has 1 aromatic rings. The highest BCUT2D eigenvalue weighted by atomic mass is 16.6. The van der Waals surface area contributed by atoms with Crippen LogP contribution >= 0.6 is 0 Å². The molecule has 0 bridgehead atoms. The summed E-state index contributed by atoms with van der Waals surface area (Å²) in [6.07, 6.45) is -5.12. The third-order valence-corrected chi connectivity index (χ3v) is 2.46. The molecule has 1 aromatic heterocycles. The summed E-state index contributed by atoms with van der Waals surface area (Å²) in [5.74, 6) is -0.591. The summed E-state index contributed by atoms with van der Waals surface area (Å²) in [6, 6.07) is 0. The van der Waals surface area contributed by atoms with Gasteiger partial charge < -0.3 is 25.8 Å². The van der Waals surface area contributed by atoms with Crippen molar-refractivity contribution in [1.29, 1.82) is 5.41 Å². The van der Waals surface area contributed by atoms with Crippen LogP contribution in [0, 0.1) is 5.41 Å². The first-order chi connectivity index (χ1) is 8.45. The summed E-state index contributed by atoms with van der Waals surface area (Å²) < 4.78 is 13.6. The van der Waals surface area contributed by atoms with Crippen molar-refractivity contribution in [3.05, 3.63) is 12.1 Å². The van der Waals surface area contributed by atoms with Crippen molar-refractivity contribution in [3.8, 4) is 0 Å². The molecule has 1 aliphatic rings. The number of rotatable bonds is 3. The quantitative estimate of drug-likeness (QED) is 0.284. The van der Waals surface area contributed by atoms with Gasteiger partial charge in [0, 0.05) is 0 Å². The second kappa shape index (κ2) is 4.37. The van der Waals surface area contributed by atoms with E-state index >= 15 is 0 Å². The second-order valence-electron chi connectivity index (χ2n) is 3.62. The van der Waals surface area contributed by atoms with Crippen molar-refractivity contribution in [3.63, 3.8) is 0 Å². The minimum atomic E-state index is -1.35. The maximum atomic E-state index is 9.74. The first-order valence-corrected chi connectivity index (χ1v) is 4.85. The molecule has 0 amide bonds. The van der Waals surface area contributed by atoms with Gasteiger partial charge in [0.1, 0.15) is 26.0 Å². The second-order valence-corrected chi connectivity index (χ2v) is 3.62. The SMILES string of the molecule is [2H]c1nc(C(=N)N)nn1[C@@H]1O[C@H](CO)[C@@H](O)[C@H]1O. The molecule has 0 saturated carbocycles. The van der Waals surface area contributed by atoms with E-state index in [1.807, 2.05) is 0 Å². The van der Waals surface area contributed by atoms with Gasteiger partial charge in [-0.25, -0.2) is 9.67 Å². The highest BCUT2D eigenvalue weighted by Gasteiger charge is 2.43. The largest absolute Gasteiger partial charge is 0.394 e. The number of aliphatic hydroxyl groups is 3. The predicted octanol–water partition coefficient (Wildman–Crippen LogP) is -2.83. The number of nitrogens with one attached hydrogen (secondary N) is 1. The molecule has 0 radical (unpaired) electrons. The van der Waals surface area contributed by atoms with Crippen molar-refractivity contribution in [2.45, 2.75) is 24.5 Å². The normalized spacial score (nSPS) is 33.7. The van der Waals surface area contributed by atoms with Crippen LogP contribution in [0.5, 0.6) is 0 Å². The molecule has 1 fully saturated rings. The van der Waals surface area contributed by atoms with Gasteiger partial charge >= 0.3 is 0 Å². The molecule has 2 rings (SSSR count). The molecular weight excluding hydrogens is 230 g/mol. The summed E-state index contributed by atoms with van der Waals surface area (Å²) >= 11 is 0. The summed E-state index contributed by atoms with van der Waals surface area (Å²) in [6.45, 7) is -0.476. The van der Waals surface area contributed by atoms with Crippen LogP contribution in [0.15, 0.2) is 6.30 Å². The van der Waals surface area contributed by atoms with Gasteiger partial charge in [-0.05, 0) is 0 Å². The Balaban J connectivity index is 2.29. The van der Waals surface area contributed by atoms with Crippen LogP contribution in [0.4, 0.5) is 0 Å². The lowest BCUT2D eigenvalue weighted by molar-refractivity contribution is -0.0588. The summed E-state index contributed by atoms with van der Waals surface area (Å²) in [5.41, 5.74) is 5.18. The smallest absolute Gasteiger partial charge is 0.215 e. The van der Waals surface area contributed by atoms with Crippen LogP contribution < -0.4 is 5.73 Å². The molecule has 1 saturated heterocycles. The minimum absolute atomic E-state index is 0.169. The Labute approximate surface area is 97.4 Å². The molecule has 6 N–H and O–H groups in total. The number of nitrogens with two attached hydrogens (primary N) is 1. The van der Waals surface area contributed by atoms with E-state index < -0.39 is 37.0 Å². The number of nitrogen functional groups attached to an aromatic ring is 1.